The second-order valence-corrected chi connectivity index (χ2v) is 3.68. The Morgan fingerprint density at radius 3 is 2.38 bits per heavy atom. The Balaban J connectivity index is 2.63. The molecule has 0 amide bonds. The lowest BCUT2D eigenvalue weighted by Crippen LogP contribution is -1.91. The molecular formula is C13H9ClF2. The summed E-state index contributed by atoms with van der Waals surface area (Å²) in [6.07, 6.45) is 0. The van der Waals surface area contributed by atoms with Crippen LogP contribution in [0.5, 0.6) is 0 Å². The first-order valence-corrected chi connectivity index (χ1v) is 5.35. The largest absolute Gasteiger partial charge is 0.207 e. The molecule has 0 aliphatic rings. The van der Waals surface area contributed by atoms with Gasteiger partial charge in [0.15, 0.2) is 0 Å². The van der Waals surface area contributed by atoms with Crippen LogP contribution in [0.2, 0.25) is 0 Å². The van der Waals surface area contributed by atoms with E-state index in [1.165, 1.54) is 18.2 Å². The Morgan fingerprint density at radius 1 is 0.938 bits per heavy atom. The maximum absolute atomic E-state index is 13.6. The summed E-state index contributed by atoms with van der Waals surface area (Å²) in [7, 11) is 0. The van der Waals surface area contributed by atoms with E-state index in [9.17, 15) is 8.78 Å². The number of benzene rings is 2. The lowest BCUT2D eigenvalue weighted by atomic mass is 10.00. The molecule has 0 nitrogen and oxygen atoms in total. The molecule has 0 spiro atoms. The number of rotatable bonds is 2. The normalized spacial score (nSPS) is 10.4. The molecule has 16 heavy (non-hydrogen) atoms. The average Bonchev–Trinajstić information content (AvgIpc) is 2.29. The van der Waals surface area contributed by atoms with Crippen LogP contribution in [-0.2, 0) is 5.88 Å². The molecule has 0 saturated carbocycles. The Hall–Kier alpha value is -1.41. The molecule has 0 N–H and O–H groups in total. The Morgan fingerprint density at radius 2 is 1.69 bits per heavy atom. The van der Waals surface area contributed by atoms with E-state index in [1.54, 1.807) is 24.3 Å². The molecule has 3 heteroatoms. The van der Waals surface area contributed by atoms with Gasteiger partial charge in [-0.1, -0.05) is 24.3 Å². The van der Waals surface area contributed by atoms with Crippen molar-refractivity contribution in [3.63, 3.8) is 0 Å². The average molecular weight is 239 g/mol. The van der Waals surface area contributed by atoms with E-state index in [4.69, 9.17) is 11.6 Å². The van der Waals surface area contributed by atoms with Crippen LogP contribution in [0.3, 0.4) is 0 Å². The first-order chi connectivity index (χ1) is 7.72. The van der Waals surface area contributed by atoms with Crippen LogP contribution in [0.25, 0.3) is 11.1 Å². The molecule has 0 aromatic heterocycles. The third-order valence-electron chi connectivity index (χ3n) is 2.38. The van der Waals surface area contributed by atoms with E-state index >= 15 is 0 Å². The van der Waals surface area contributed by atoms with Crippen LogP contribution in [0.4, 0.5) is 8.78 Å². The molecule has 2 rings (SSSR count). The van der Waals surface area contributed by atoms with E-state index in [0.717, 1.165) is 0 Å². The fourth-order valence-corrected chi connectivity index (χ4v) is 1.83. The first-order valence-electron chi connectivity index (χ1n) is 4.81. The first kappa shape index (κ1) is 11.1. The highest BCUT2D eigenvalue weighted by atomic mass is 35.5. The second kappa shape index (κ2) is 4.62. The van der Waals surface area contributed by atoms with Gasteiger partial charge in [-0.05, 0) is 29.3 Å². The third-order valence-corrected chi connectivity index (χ3v) is 2.67. The predicted octanol–water partition coefficient (Wildman–Crippen LogP) is 4.37. The quantitative estimate of drug-likeness (QED) is 0.682. The van der Waals surface area contributed by atoms with Crippen molar-refractivity contribution < 1.29 is 8.78 Å². The van der Waals surface area contributed by atoms with Gasteiger partial charge < -0.3 is 0 Å². The smallest absolute Gasteiger partial charge is 0.131 e. The molecule has 0 unspecified atom stereocenters. The van der Waals surface area contributed by atoms with Gasteiger partial charge in [-0.25, -0.2) is 8.78 Å². The van der Waals surface area contributed by atoms with Crippen LogP contribution in [-0.4, -0.2) is 0 Å². The van der Waals surface area contributed by atoms with Crippen LogP contribution >= 0.6 is 11.6 Å². The van der Waals surface area contributed by atoms with Crippen LogP contribution < -0.4 is 0 Å². The summed E-state index contributed by atoms with van der Waals surface area (Å²) in [5.74, 6) is -0.546. The van der Waals surface area contributed by atoms with Crippen molar-refractivity contribution in [2.45, 2.75) is 5.88 Å². The fraction of sp³-hybridized carbons (Fsp3) is 0.0769. The molecule has 2 aromatic rings. The Labute approximate surface area is 97.5 Å². The van der Waals surface area contributed by atoms with E-state index in [2.05, 4.69) is 0 Å². The maximum Gasteiger partial charge on any atom is 0.131 e. The van der Waals surface area contributed by atoms with Crippen molar-refractivity contribution in [1.82, 2.24) is 0 Å². The monoisotopic (exact) mass is 238 g/mol. The van der Waals surface area contributed by atoms with E-state index in [1.807, 2.05) is 0 Å². The second-order valence-electron chi connectivity index (χ2n) is 3.41. The zero-order valence-corrected chi connectivity index (χ0v) is 9.14. The molecule has 0 saturated heterocycles. The molecule has 82 valence electrons. The van der Waals surface area contributed by atoms with Crippen molar-refractivity contribution in [1.29, 1.82) is 0 Å². The fourth-order valence-electron chi connectivity index (χ4n) is 1.60. The van der Waals surface area contributed by atoms with Gasteiger partial charge in [-0.15, -0.1) is 11.6 Å². The van der Waals surface area contributed by atoms with Crippen molar-refractivity contribution in [3.05, 3.63) is 59.7 Å². The minimum Gasteiger partial charge on any atom is -0.207 e. The predicted molar refractivity (Wildman–Crippen MR) is 61.4 cm³/mol. The van der Waals surface area contributed by atoms with Crippen molar-refractivity contribution in [3.8, 4) is 11.1 Å². The highest BCUT2D eigenvalue weighted by Crippen LogP contribution is 2.28. The van der Waals surface area contributed by atoms with Gasteiger partial charge in [-0.3, -0.25) is 0 Å². The molecule has 0 atom stereocenters. The zero-order valence-electron chi connectivity index (χ0n) is 8.38. The van der Waals surface area contributed by atoms with Crippen LogP contribution in [0, 0.1) is 11.6 Å². The van der Waals surface area contributed by atoms with Gasteiger partial charge in [0, 0.05) is 11.4 Å². The summed E-state index contributed by atoms with van der Waals surface area (Å²) in [4.78, 5) is 0. The Bertz CT molecular complexity index is 509. The van der Waals surface area contributed by atoms with E-state index in [-0.39, 0.29) is 11.7 Å². The summed E-state index contributed by atoms with van der Waals surface area (Å²) in [6, 6.07) is 10.5. The van der Waals surface area contributed by atoms with Crippen molar-refractivity contribution in [2.75, 3.05) is 0 Å². The van der Waals surface area contributed by atoms with Crippen LogP contribution in [0.15, 0.2) is 42.5 Å². The molecule has 2 aromatic carbocycles. The lowest BCUT2D eigenvalue weighted by Gasteiger charge is -2.08. The summed E-state index contributed by atoms with van der Waals surface area (Å²) in [5.41, 5.74) is 1.60. The van der Waals surface area contributed by atoms with Crippen LogP contribution in [0.1, 0.15) is 5.56 Å². The highest BCUT2D eigenvalue weighted by Gasteiger charge is 2.09. The molecule has 0 radical (unpaired) electrons. The molecular weight excluding hydrogens is 230 g/mol. The summed E-state index contributed by atoms with van der Waals surface area (Å²) >= 11 is 5.74. The number of hydrogen-bond donors (Lipinski definition) is 0. The van der Waals surface area contributed by atoms with Gasteiger partial charge in [0.05, 0.1) is 0 Å². The highest BCUT2D eigenvalue weighted by molar-refractivity contribution is 6.17. The SMILES string of the molecule is Fc1ccc(CCl)c(-c2ccccc2F)c1. The van der Waals surface area contributed by atoms with E-state index < -0.39 is 5.82 Å². The minimum absolute atomic E-state index is 0.226. The third kappa shape index (κ3) is 2.07. The maximum atomic E-state index is 13.6. The molecule has 0 aliphatic heterocycles. The summed E-state index contributed by atoms with van der Waals surface area (Å²) in [6.45, 7) is 0. The summed E-state index contributed by atoms with van der Waals surface area (Å²) in [5, 5.41) is 0. The molecule has 0 fully saturated rings. The van der Waals surface area contributed by atoms with Gasteiger partial charge in [0.2, 0.25) is 0 Å². The zero-order chi connectivity index (χ0) is 11.5. The minimum atomic E-state index is -0.396. The van der Waals surface area contributed by atoms with Gasteiger partial charge in [0.1, 0.15) is 11.6 Å². The van der Waals surface area contributed by atoms with E-state index in [0.29, 0.717) is 16.7 Å². The summed E-state index contributed by atoms with van der Waals surface area (Å²) < 4.78 is 26.7. The van der Waals surface area contributed by atoms with Crippen molar-refractivity contribution >= 4 is 11.6 Å². The molecule has 0 aliphatic carbocycles. The molecule has 0 heterocycles. The standard InChI is InChI=1S/C13H9ClF2/c14-8-9-5-6-10(15)7-12(9)11-3-1-2-4-13(11)16/h1-7H,8H2. The van der Waals surface area contributed by atoms with Gasteiger partial charge in [0.25, 0.3) is 0 Å². The number of halogens is 3. The number of alkyl halides is 1. The Kier molecular flexibility index (Phi) is 3.20. The van der Waals surface area contributed by atoms with Crippen molar-refractivity contribution in [2.24, 2.45) is 0 Å². The lowest BCUT2D eigenvalue weighted by molar-refractivity contribution is 0.624. The number of hydrogen-bond acceptors (Lipinski definition) is 0. The van der Waals surface area contributed by atoms with Gasteiger partial charge >= 0.3 is 0 Å². The topological polar surface area (TPSA) is 0 Å². The molecule has 0 bridgehead atoms. The van der Waals surface area contributed by atoms with Gasteiger partial charge in [-0.2, -0.15) is 0 Å².